The van der Waals surface area contributed by atoms with Gasteiger partial charge in [0, 0.05) is 17.2 Å². The summed E-state index contributed by atoms with van der Waals surface area (Å²) >= 11 is 1.64. The smallest absolute Gasteiger partial charge is 0.329 e. The highest BCUT2D eigenvalue weighted by Crippen LogP contribution is 2.28. The maximum absolute atomic E-state index is 12.4. The minimum Gasteiger partial charge on any atom is -0.480 e. The average molecular weight is 324 g/mol. The van der Waals surface area contributed by atoms with Gasteiger partial charge < -0.3 is 10.4 Å². The van der Waals surface area contributed by atoms with Crippen molar-refractivity contribution in [3.8, 4) is 0 Å². The molecule has 0 spiro atoms. The molecule has 1 fully saturated rings. The predicted molar refractivity (Wildman–Crippen MR) is 82.2 cm³/mol. The van der Waals surface area contributed by atoms with Crippen molar-refractivity contribution in [3.63, 3.8) is 0 Å². The van der Waals surface area contributed by atoms with Crippen LogP contribution < -0.4 is 5.32 Å². The predicted octanol–water partition coefficient (Wildman–Crippen LogP) is 1.98. The molecule has 8 heteroatoms. The number of amides is 1. The first kappa shape index (κ1) is 16.3. The molecule has 22 heavy (non-hydrogen) atoms. The monoisotopic (exact) mass is 324 g/mol. The molecule has 1 amide bonds. The summed E-state index contributed by atoms with van der Waals surface area (Å²) in [7, 11) is 0. The second-order valence-corrected chi connectivity index (χ2v) is 6.39. The van der Waals surface area contributed by atoms with E-state index in [1.165, 1.54) is 25.1 Å². The highest BCUT2D eigenvalue weighted by atomic mass is 32.2. The number of aliphatic carboxylic acids is 1. The molecule has 7 nitrogen and oxygen atoms in total. The number of carbonyl (C=O) groups excluding carboxylic acids is 1. The van der Waals surface area contributed by atoms with Gasteiger partial charge in [-0.15, -0.1) is 0 Å². The standard InChI is InChI=1S/C14H16N2O5S/c1-9-10(3-2-4-11(9)16(20)21)12(17)15-14(13(18)19)5-7-22-8-6-14/h2-4H,5-8H2,1H3,(H,15,17)(H,18,19). The van der Waals surface area contributed by atoms with Crippen LogP contribution in [0.15, 0.2) is 18.2 Å². The number of benzene rings is 1. The van der Waals surface area contributed by atoms with Crippen molar-refractivity contribution in [2.45, 2.75) is 25.3 Å². The van der Waals surface area contributed by atoms with Gasteiger partial charge in [-0.3, -0.25) is 14.9 Å². The summed E-state index contributed by atoms with van der Waals surface area (Å²) < 4.78 is 0. The molecule has 2 N–H and O–H groups in total. The zero-order valence-electron chi connectivity index (χ0n) is 12.0. The van der Waals surface area contributed by atoms with Crippen LogP contribution in [-0.2, 0) is 4.79 Å². The van der Waals surface area contributed by atoms with Crippen molar-refractivity contribution >= 4 is 29.3 Å². The van der Waals surface area contributed by atoms with Crippen LogP contribution in [0, 0.1) is 17.0 Å². The molecular formula is C14H16N2O5S. The van der Waals surface area contributed by atoms with Gasteiger partial charge in [-0.1, -0.05) is 6.07 Å². The number of nitrogens with zero attached hydrogens (tertiary/aromatic N) is 1. The SMILES string of the molecule is Cc1c(C(=O)NC2(C(=O)O)CCSCC2)cccc1[N+](=O)[O-]. The number of carboxylic acids is 1. The molecule has 2 rings (SSSR count). The Bertz CT molecular complexity index is 626. The third-order valence-corrected chi connectivity index (χ3v) is 4.84. The Morgan fingerprint density at radius 2 is 2.00 bits per heavy atom. The van der Waals surface area contributed by atoms with E-state index in [-0.39, 0.29) is 16.8 Å². The lowest BCUT2D eigenvalue weighted by Gasteiger charge is -2.33. The highest BCUT2D eigenvalue weighted by Gasteiger charge is 2.41. The fourth-order valence-corrected chi connectivity index (χ4v) is 3.65. The second-order valence-electron chi connectivity index (χ2n) is 5.16. The van der Waals surface area contributed by atoms with Gasteiger partial charge in [0.15, 0.2) is 0 Å². The normalized spacial score (nSPS) is 16.8. The number of nitrogens with one attached hydrogen (secondary N) is 1. The van der Waals surface area contributed by atoms with E-state index in [1.54, 1.807) is 11.8 Å². The first-order valence-electron chi connectivity index (χ1n) is 6.75. The second kappa shape index (κ2) is 6.35. The van der Waals surface area contributed by atoms with E-state index in [4.69, 9.17) is 0 Å². The largest absolute Gasteiger partial charge is 0.480 e. The van der Waals surface area contributed by atoms with Crippen LogP contribution in [0.25, 0.3) is 0 Å². The van der Waals surface area contributed by atoms with E-state index in [0.29, 0.717) is 24.3 Å². The lowest BCUT2D eigenvalue weighted by Crippen LogP contribution is -2.56. The first-order chi connectivity index (χ1) is 10.4. The minimum absolute atomic E-state index is 0.132. The summed E-state index contributed by atoms with van der Waals surface area (Å²) in [5, 5.41) is 23.0. The van der Waals surface area contributed by atoms with Crippen molar-refractivity contribution in [2.75, 3.05) is 11.5 Å². The molecule has 1 aliphatic rings. The van der Waals surface area contributed by atoms with Crippen molar-refractivity contribution in [2.24, 2.45) is 0 Å². The summed E-state index contributed by atoms with van der Waals surface area (Å²) in [6.45, 7) is 1.48. The van der Waals surface area contributed by atoms with Crippen LogP contribution in [0.1, 0.15) is 28.8 Å². The van der Waals surface area contributed by atoms with Crippen LogP contribution in [0.2, 0.25) is 0 Å². The summed E-state index contributed by atoms with van der Waals surface area (Å²) in [4.78, 5) is 34.4. The van der Waals surface area contributed by atoms with Crippen LogP contribution >= 0.6 is 11.8 Å². The first-order valence-corrected chi connectivity index (χ1v) is 7.90. The molecule has 1 aromatic carbocycles. The molecule has 0 bridgehead atoms. The number of nitro groups is 1. The van der Waals surface area contributed by atoms with E-state index >= 15 is 0 Å². The van der Waals surface area contributed by atoms with Gasteiger partial charge in [-0.25, -0.2) is 4.79 Å². The minimum atomic E-state index is -1.29. The van der Waals surface area contributed by atoms with E-state index < -0.39 is 22.3 Å². The Balaban J connectivity index is 2.30. The quantitative estimate of drug-likeness (QED) is 0.647. The Morgan fingerprint density at radius 1 is 1.36 bits per heavy atom. The van der Waals surface area contributed by atoms with Crippen molar-refractivity contribution in [1.82, 2.24) is 5.32 Å². The number of hydrogen-bond donors (Lipinski definition) is 2. The fraction of sp³-hybridized carbons (Fsp3) is 0.429. The van der Waals surface area contributed by atoms with Crippen LogP contribution in [-0.4, -0.2) is 39.0 Å². The van der Waals surface area contributed by atoms with Crippen LogP contribution in [0.3, 0.4) is 0 Å². The molecule has 118 valence electrons. The number of nitro benzene ring substituents is 1. The molecule has 0 aliphatic carbocycles. The van der Waals surface area contributed by atoms with Gasteiger partial charge >= 0.3 is 5.97 Å². The lowest BCUT2D eigenvalue weighted by molar-refractivity contribution is -0.385. The summed E-state index contributed by atoms with van der Waals surface area (Å²) in [6, 6.07) is 4.20. The van der Waals surface area contributed by atoms with Gasteiger partial charge in [0.2, 0.25) is 0 Å². The molecular weight excluding hydrogens is 308 g/mol. The van der Waals surface area contributed by atoms with E-state index in [9.17, 15) is 24.8 Å². The third kappa shape index (κ3) is 3.06. The molecule has 0 unspecified atom stereocenters. The molecule has 0 atom stereocenters. The molecule has 0 radical (unpaired) electrons. The molecule has 1 aromatic rings. The van der Waals surface area contributed by atoms with E-state index in [0.717, 1.165) is 0 Å². The number of hydrogen-bond acceptors (Lipinski definition) is 5. The average Bonchev–Trinajstić information content (AvgIpc) is 2.47. The van der Waals surface area contributed by atoms with E-state index in [1.807, 2.05) is 0 Å². The number of carboxylic acid groups (broad SMARTS) is 1. The van der Waals surface area contributed by atoms with Gasteiger partial charge in [0.05, 0.1) is 4.92 Å². The Morgan fingerprint density at radius 3 is 2.55 bits per heavy atom. The van der Waals surface area contributed by atoms with Gasteiger partial charge in [0.1, 0.15) is 5.54 Å². The topological polar surface area (TPSA) is 110 Å². The van der Waals surface area contributed by atoms with Gasteiger partial charge in [-0.05, 0) is 37.3 Å². The third-order valence-electron chi connectivity index (χ3n) is 3.86. The Hall–Kier alpha value is -2.09. The Kier molecular flexibility index (Phi) is 4.70. The van der Waals surface area contributed by atoms with Crippen molar-refractivity contribution in [3.05, 3.63) is 39.4 Å². The summed E-state index contributed by atoms with van der Waals surface area (Å²) in [6.07, 6.45) is 0.680. The molecule has 1 saturated heterocycles. The molecule has 1 aliphatic heterocycles. The maximum Gasteiger partial charge on any atom is 0.329 e. The van der Waals surface area contributed by atoms with Crippen molar-refractivity contribution < 1.29 is 19.6 Å². The van der Waals surface area contributed by atoms with Gasteiger partial charge in [0.25, 0.3) is 11.6 Å². The Labute approximate surface area is 131 Å². The van der Waals surface area contributed by atoms with E-state index in [2.05, 4.69) is 5.32 Å². The zero-order valence-corrected chi connectivity index (χ0v) is 12.8. The van der Waals surface area contributed by atoms with Crippen molar-refractivity contribution in [1.29, 1.82) is 0 Å². The molecule has 0 saturated carbocycles. The van der Waals surface area contributed by atoms with Gasteiger partial charge in [-0.2, -0.15) is 11.8 Å². The van der Waals surface area contributed by atoms with Crippen LogP contribution in [0.5, 0.6) is 0 Å². The lowest BCUT2D eigenvalue weighted by atomic mass is 9.91. The summed E-state index contributed by atoms with van der Waals surface area (Å²) in [5.41, 5.74) is -1.08. The summed E-state index contributed by atoms with van der Waals surface area (Å²) in [5.74, 6) is -0.346. The number of thioether (sulfide) groups is 1. The number of rotatable bonds is 4. The fourth-order valence-electron chi connectivity index (χ4n) is 2.46. The number of carbonyl (C=O) groups is 2. The highest BCUT2D eigenvalue weighted by molar-refractivity contribution is 7.99. The van der Waals surface area contributed by atoms with Crippen LogP contribution in [0.4, 0.5) is 5.69 Å². The molecule has 1 heterocycles. The maximum atomic E-state index is 12.4. The molecule has 0 aromatic heterocycles. The zero-order chi connectivity index (χ0) is 16.3.